The van der Waals surface area contributed by atoms with Gasteiger partial charge in [-0.15, -0.1) is 0 Å². The van der Waals surface area contributed by atoms with Gasteiger partial charge < -0.3 is 5.11 Å². The highest BCUT2D eigenvalue weighted by Gasteiger charge is 2.68. The molecular formula is C31H23NO3. The lowest BCUT2D eigenvalue weighted by molar-refractivity contribution is -0.143. The fourth-order valence-electron chi connectivity index (χ4n) is 6.77. The summed E-state index contributed by atoms with van der Waals surface area (Å²) in [4.78, 5) is 30.0. The Bertz CT molecular complexity index is 1390. The number of carbonyl (C=O) groups excluding carboxylic acids is 2. The fraction of sp³-hybridized carbons (Fsp3) is 0.161. The predicted molar refractivity (Wildman–Crippen MR) is 131 cm³/mol. The number of imide groups is 1. The number of rotatable bonds is 3. The number of nitrogens with zero attached hydrogens (tertiary/aromatic N) is 1. The zero-order valence-corrected chi connectivity index (χ0v) is 18.9. The largest absolute Gasteiger partial charge is 0.379 e. The molecule has 4 aliphatic rings. The van der Waals surface area contributed by atoms with E-state index in [9.17, 15) is 14.7 Å². The van der Waals surface area contributed by atoms with Crippen LogP contribution in [0.25, 0.3) is 0 Å². The maximum atomic E-state index is 14.3. The van der Waals surface area contributed by atoms with E-state index in [0.29, 0.717) is 0 Å². The highest BCUT2D eigenvalue weighted by molar-refractivity contribution is 6.08. The van der Waals surface area contributed by atoms with Crippen LogP contribution >= 0.6 is 0 Å². The molecule has 2 amide bonds. The molecule has 1 N–H and O–H groups in total. The fourth-order valence-corrected chi connectivity index (χ4v) is 6.77. The van der Waals surface area contributed by atoms with E-state index in [2.05, 4.69) is 0 Å². The molecule has 0 saturated carbocycles. The predicted octanol–water partition coefficient (Wildman–Crippen LogP) is 4.77. The van der Waals surface area contributed by atoms with Crippen molar-refractivity contribution in [1.29, 1.82) is 0 Å². The summed E-state index contributed by atoms with van der Waals surface area (Å²) in [5.41, 5.74) is 3.55. The molecule has 3 aliphatic carbocycles. The average Bonchev–Trinajstić information content (AvgIpc) is 3.17. The van der Waals surface area contributed by atoms with Gasteiger partial charge in [0.1, 0.15) is 5.60 Å². The Morgan fingerprint density at radius 3 is 1.60 bits per heavy atom. The van der Waals surface area contributed by atoms with Gasteiger partial charge >= 0.3 is 0 Å². The monoisotopic (exact) mass is 457 g/mol. The molecule has 1 saturated heterocycles. The number of carbonyl (C=O) groups is 2. The standard InChI is InChI=1S/C31H23NO3/c33-29-26-25-21-15-7-9-17-23(21)31(35,24-18-10-8-16-22(24)25)27(26)30(34)32(29)28(19-11-3-1-4-12-19)20-13-5-2-6-14-20/h1-18,25-28,35H. The molecule has 4 aromatic rings. The zero-order chi connectivity index (χ0) is 23.7. The minimum Gasteiger partial charge on any atom is -0.379 e. The molecule has 4 nitrogen and oxygen atoms in total. The van der Waals surface area contributed by atoms with Gasteiger partial charge in [0.05, 0.1) is 17.9 Å². The minimum atomic E-state index is -1.55. The van der Waals surface area contributed by atoms with Gasteiger partial charge in [-0.05, 0) is 33.4 Å². The van der Waals surface area contributed by atoms with E-state index < -0.39 is 23.5 Å². The Hall–Kier alpha value is -4.02. The molecule has 2 atom stereocenters. The molecule has 0 radical (unpaired) electrons. The lowest BCUT2D eigenvalue weighted by atomic mass is 9.52. The Morgan fingerprint density at radius 2 is 1.09 bits per heavy atom. The van der Waals surface area contributed by atoms with Crippen LogP contribution < -0.4 is 0 Å². The van der Waals surface area contributed by atoms with Crippen LogP contribution in [0.3, 0.4) is 0 Å². The minimum absolute atomic E-state index is 0.217. The number of hydrogen-bond acceptors (Lipinski definition) is 3. The SMILES string of the molecule is O=C1C2C3c4ccccc4C(O)(c4ccccc43)C2C(=O)N1C(c1ccccc1)c1ccccc1. The van der Waals surface area contributed by atoms with Gasteiger partial charge in [-0.2, -0.15) is 0 Å². The first kappa shape index (κ1) is 20.4. The molecule has 0 aromatic heterocycles. The summed E-state index contributed by atoms with van der Waals surface area (Å²) in [6, 6.07) is 34.2. The van der Waals surface area contributed by atoms with Crippen molar-refractivity contribution in [2.75, 3.05) is 0 Å². The quantitative estimate of drug-likeness (QED) is 0.451. The van der Waals surface area contributed by atoms with Gasteiger partial charge in [-0.1, -0.05) is 109 Å². The molecule has 2 bridgehead atoms. The summed E-state index contributed by atoms with van der Waals surface area (Å²) >= 11 is 0. The number of hydrogen-bond donors (Lipinski definition) is 1. The van der Waals surface area contributed by atoms with Gasteiger partial charge in [-0.25, -0.2) is 0 Å². The van der Waals surface area contributed by atoms with E-state index >= 15 is 0 Å². The van der Waals surface area contributed by atoms with Crippen molar-refractivity contribution in [3.05, 3.63) is 143 Å². The Labute approximate surface area is 203 Å². The highest BCUT2D eigenvalue weighted by atomic mass is 16.3. The average molecular weight is 458 g/mol. The van der Waals surface area contributed by atoms with Gasteiger partial charge in [0.25, 0.3) is 0 Å². The molecule has 1 heterocycles. The van der Waals surface area contributed by atoms with Gasteiger partial charge in [0, 0.05) is 5.92 Å². The second-order valence-electron chi connectivity index (χ2n) is 9.69. The van der Waals surface area contributed by atoms with Crippen LogP contribution in [-0.2, 0) is 15.2 Å². The third-order valence-corrected chi connectivity index (χ3v) is 8.10. The van der Waals surface area contributed by atoms with Gasteiger partial charge in [0.2, 0.25) is 11.8 Å². The number of aliphatic hydroxyl groups is 1. The topological polar surface area (TPSA) is 57.6 Å². The van der Waals surface area contributed by atoms with Crippen molar-refractivity contribution in [2.45, 2.75) is 17.6 Å². The lowest BCUT2D eigenvalue weighted by Crippen LogP contribution is -2.53. The summed E-state index contributed by atoms with van der Waals surface area (Å²) < 4.78 is 0. The van der Waals surface area contributed by atoms with Crippen molar-refractivity contribution in [1.82, 2.24) is 4.90 Å². The Balaban J connectivity index is 1.46. The van der Waals surface area contributed by atoms with Crippen molar-refractivity contribution in [2.24, 2.45) is 11.8 Å². The van der Waals surface area contributed by atoms with Crippen molar-refractivity contribution < 1.29 is 14.7 Å². The van der Waals surface area contributed by atoms with E-state index in [1.807, 2.05) is 109 Å². The third-order valence-electron chi connectivity index (χ3n) is 8.10. The molecule has 2 unspecified atom stereocenters. The van der Waals surface area contributed by atoms with Gasteiger partial charge in [-0.3, -0.25) is 14.5 Å². The summed E-state index contributed by atoms with van der Waals surface area (Å²) in [6.45, 7) is 0. The zero-order valence-electron chi connectivity index (χ0n) is 18.9. The van der Waals surface area contributed by atoms with Crippen LogP contribution in [0.4, 0.5) is 0 Å². The van der Waals surface area contributed by atoms with Crippen molar-refractivity contribution in [3.63, 3.8) is 0 Å². The maximum absolute atomic E-state index is 14.3. The number of likely N-dealkylation sites (tertiary alicyclic amines) is 1. The molecular weight excluding hydrogens is 434 g/mol. The second kappa shape index (κ2) is 7.24. The molecule has 8 rings (SSSR count). The van der Waals surface area contributed by atoms with E-state index in [1.54, 1.807) is 0 Å². The second-order valence-corrected chi connectivity index (χ2v) is 9.69. The summed E-state index contributed by atoms with van der Waals surface area (Å²) in [5.74, 6) is -2.30. The molecule has 1 aliphatic heterocycles. The van der Waals surface area contributed by atoms with Crippen LogP contribution in [0, 0.1) is 11.8 Å². The summed E-state index contributed by atoms with van der Waals surface area (Å²) in [5, 5.41) is 12.4. The van der Waals surface area contributed by atoms with E-state index in [4.69, 9.17) is 0 Å². The molecule has 35 heavy (non-hydrogen) atoms. The first-order chi connectivity index (χ1) is 17.1. The van der Waals surface area contributed by atoms with Crippen LogP contribution in [0.2, 0.25) is 0 Å². The van der Waals surface area contributed by atoms with E-state index in [1.165, 1.54) is 4.90 Å². The van der Waals surface area contributed by atoms with E-state index in [0.717, 1.165) is 33.4 Å². The normalized spacial score (nSPS) is 26.0. The maximum Gasteiger partial charge on any atom is 0.237 e. The number of benzene rings is 4. The van der Waals surface area contributed by atoms with Crippen LogP contribution in [-0.4, -0.2) is 21.8 Å². The Kier molecular flexibility index (Phi) is 4.21. The van der Waals surface area contributed by atoms with E-state index in [-0.39, 0.29) is 17.7 Å². The summed E-state index contributed by atoms with van der Waals surface area (Å²) in [6.07, 6.45) is 0. The molecule has 4 heteroatoms. The molecule has 170 valence electrons. The van der Waals surface area contributed by atoms with Crippen LogP contribution in [0.5, 0.6) is 0 Å². The first-order valence-corrected chi connectivity index (χ1v) is 12.0. The van der Waals surface area contributed by atoms with Crippen LogP contribution in [0.15, 0.2) is 109 Å². The van der Waals surface area contributed by atoms with Crippen LogP contribution in [0.1, 0.15) is 45.3 Å². The first-order valence-electron chi connectivity index (χ1n) is 12.0. The molecule has 4 aromatic carbocycles. The van der Waals surface area contributed by atoms with Gasteiger partial charge in [0.15, 0.2) is 0 Å². The summed E-state index contributed by atoms with van der Waals surface area (Å²) in [7, 11) is 0. The molecule has 0 spiro atoms. The molecule has 1 fully saturated rings. The smallest absolute Gasteiger partial charge is 0.237 e. The number of amides is 2. The lowest BCUT2D eigenvalue weighted by Gasteiger charge is -2.51. The Morgan fingerprint density at radius 1 is 0.629 bits per heavy atom. The van der Waals surface area contributed by atoms with Crippen molar-refractivity contribution >= 4 is 11.8 Å². The van der Waals surface area contributed by atoms with Crippen molar-refractivity contribution in [3.8, 4) is 0 Å². The highest BCUT2D eigenvalue weighted by Crippen LogP contribution is 2.63. The third kappa shape index (κ3) is 2.55.